The zero-order valence-electron chi connectivity index (χ0n) is 13.4. The topological polar surface area (TPSA) is 58.6 Å². The second-order valence-electron chi connectivity index (χ2n) is 5.98. The summed E-state index contributed by atoms with van der Waals surface area (Å²) in [5.41, 5.74) is 1.14. The fourth-order valence-corrected chi connectivity index (χ4v) is 3.07. The maximum absolute atomic E-state index is 12.1. The maximum Gasteiger partial charge on any atom is 0.220 e. The zero-order chi connectivity index (χ0) is 15.8. The van der Waals surface area contributed by atoms with Crippen LogP contribution in [-0.4, -0.2) is 30.3 Å². The van der Waals surface area contributed by atoms with Crippen molar-refractivity contribution in [2.24, 2.45) is 5.92 Å². The van der Waals surface area contributed by atoms with Crippen molar-refractivity contribution in [3.05, 3.63) is 29.8 Å². The van der Waals surface area contributed by atoms with E-state index in [0.717, 1.165) is 43.4 Å². The summed E-state index contributed by atoms with van der Waals surface area (Å²) in [4.78, 5) is 12.1. The normalized spacial score (nSPS) is 21.4. The molecule has 1 saturated carbocycles. The number of amides is 1. The summed E-state index contributed by atoms with van der Waals surface area (Å²) in [6, 6.07) is 8.05. The van der Waals surface area contributed by atoms with Gasteiger partial charge in [-0.3, -0.25) is 4.79 Å². The smallest absolute Gasteiger partial charge is 0.220 e. The first kappa shape index (κ1) is 16.8. The van der Waals surface area contributed by atoms with Crippen LogP contribution in [0.25, 0.3) is 0 Å². The molecule has 0 spiro atoms. The molecule has 22 heavy (non-hydrogen) atoms. The summed E-state index contributed by atoms with van der Waals surface area (Å²) in [6.07, 6.45) is 5.52. The number of hydrogen-bond acceptors (Lipinski definition) is 3. The van der Waals surface area contributed by atoms with Crippen LogP contribution in [0.3, 0.4) is 0 Å². The SMILES string of the molecule is CCOc1ccc(CCC(=O)NC2CCCCC2CO)cc1. The van der Waals surface area contributed by atoms with Gasteiger partial charge in [0.15, 0.2) is 0 Å². The minimum Gasteiger partial charge on any atom is -0.494 e. The summed E-state index contributed by atoms with van der Waals surface area (Å²) >= 11 is 0. The lowest BCUT2D eigenvalue weighted by Crippen LogP contribution is -2.43. The van der Waals surface area contributed by atoms with Crippen molar-refractivity contribution in [3.63, 3.8) is 0 Å². The van der Waals surface area contributed by atoms with E-state index in [1.807, 2.05) is 31.2 Å². The molecule has 1 fully saturated rings. The highest BCUT2D eigenvalue weighted by atomic mass is 16.5. The van der Waals surface area contributed by atoms with Crippen LogP contribution in [0.4, 0.5) is 0 Å². The highest BCUT2D eigenvalue weighted by Gasteiger charge is 2.25. The predicted molar refractivity (Wildman–Crippen MR) is 86.9 cm³/mol. The molecule has 0 bridgehead atoms. The van der Waals surface area contributed by atoms with E-state index < -0.39 is 0 Å². The average molecular weight is 305 g/mol. The van der Waals surface area contributed by atoms with Crippen LogP contribution >= 0.6 is 0 Å². The van der Waals surface area contributed by atoms with Gasteiger partial charge in [0.1, 0.15) is 5.75 Å². The average Bonchev–Trinajstić information content (AvgIpc) is 2.55. The molecule has 0 saturated heterocycles. The first-order valence-corrected chi connectivity index (χ1v) is 8.35. The molecule has 1 aromatic rings. The summed E-state index contributed by atoms with van der Waals surface area (Å²) < 4.78 is 5.41. The Bertz CT molecular complexity index is 458. The van der Waals surface area contributed by atoms with Crippen LogP contribution in [0.15, 0.2) is 24.3 Å². The molecule has 1 aliphatic rings. The van der Waals surface area contributed by atoms with E-state index in [0.29, 0.717) is 13.0 Å². The van der Waals surface area contributed by atoms with Crippen molar-refractivity contribution in [1.29, 1.82) is 0 Å². The highest BCUT2D eigenvalue weighted by Crippen LogP contribution is 2.24. The number of carbonyl (C=O) groups excluding carboxylic acids is 1. The quantitative estimate of drug-likeness (QED) is 0.814. The molecular weight excluding hydrogens is 278 g/mol. The van der Waals surface area contributed by atoms with Crippen LogP contribution < -0.4 is 10.1 Å². The zero-order valence-corrected chi connectivity index (χ0v) is 13.4. The number of aryl methyl sites for hydroxylation is 1. The first-order chi connectivity index (χ1) is 10.7. The maximum atomic E-state index is 12.1. The lowest BCUT2D eigenvalue weighted by Gasteiger charge is -2.30. The number of ether oxygens (including phenoxy) is 1. The van der Waals surface area contributed by atoms with Gasteiger partial charge < -0.3 is 15.2 Å². The number of rotatable bonds is 7. The van der Waals surface area contributed by atoms with Gasteiger partial charge in [0.2, 0.25) is 5.91 Å². The molecule has 2 N–H and O–H groups in total. The molecule has 2 rings (SSSR count). The van der Waals surface area contributed by atoms with Crippen molar-refractivity contribution in [3.8, 4) is 5.75 Å². The van der Waals surface area contributed by atoms with E-state index in [2.05, 4.69) is 5.32 Å². The molecule has 1 aliphatic carbocycles. The molecule has 0 aliphatic heterocycles. The monoisotopic (exact) mass is 305 g/mol. The molecule has 1 aromatic carbocycles. The van der Waals surface area contributed by atoms with Gasteiger partial charge in [-0.15, -0.1) is 0 Å². The van der Waals surface area contributed by atoms with Gasteiger partial charge in [-0.25, -0.2) is 0 Å². The van der Waals surface area contributed by atoms with Crippen molar-refractivity contribution >= 4 is 5.91 Å². The Kier molecular flexibility index (Phi) is 6.72. The number of hydrogen-bond donors (Lipinski definition) is 2. The third kappa shape index (κ3) is 5.02. The van der Waals surface area contributed by atoms with Gasteiger partial charge in [0, 0.05) is 25.0 Å². The fourth-order valence-electron chi connectivity index (χ4n) is 3.07. The van der Waals surface area contributed by atoms with Crippen LogP contribution in [0.1, 0.15) is 44.6 Å². The van der Waals surface area contributed by atoms with Crippen molar-refractivity contribution in [2.45, 2.75) is 51.5 Å². The molecule has 122 valence electrons. The van der Waals surface area contributed by atoms with Gasteiger partial charge >= 0.3 is 0 Å². The second-order valence-corrected chi connectivity index (χ2v) is 5.98. The minimum atomic E-state index is 0.0826. The molecule has 1 amide bonds. The van der Waals surface area contributed by atoms with E-state index in [1.54, 1.807) is 0 Å². The Morgan fingerprint density at radius 2 is 2.00 bits per heavy atom. The predicted octanol–water partition coefficient (Wildman–Crippen LogP) is 2.69. The number of carbonyl (C=O) groups is 1. The van der Waals surface area contributed by atoms with Crippen molar-refractivity contribution in [2.75, 3.05) is 13.2 Å². The van der Waals surface area contributed by atoms with E-state index in [1.165, 1.54) is 0 Å². The standard InChI is InChI=1S/C18H27NO3/c1-2-22-16-10-7-14(8-11-16)9-12-18(21)19-17-6-4-3-5-15(17)13-20/h7-8,10-11,15,17,20H,2-6,9,12-13H2,1H3,(H,19,21). The first-order valence-electron chi connectivity index (χ1n) is 8.35. The molecule has 4 nitrogen and oxygen atoms in total. The molecular formula is C18H27NO3. The van der Waals surface area contributed by atoms with Gasteiger partial charge in [0.25, 0.3) is 0 Å². The van der Waals surface area contributed by atoms with Crippen LogP contribution in [0.5, 0.6) is 5.75 Å². The number of nitrogens with one attached hydrogen (secondary N) is 1. The molecule has 4 heteroatoms. The van der Waals surface area contributed by atoms with E-state index >= 15 is 0 Å². The molecule has 2 atom stereocenters. The Labute approximate surface area is 132 Å². The number of benzene rings is 1. The molecule has 0 aromatic heterocycles. The Morgan fingerprint density at radius 3 is 2.68 bits per heavy atom. The lowest BCUT2D eigenvalue weighted by molar-refractivity contribution is -0.122. The van der Waals surface area contributed by atoms with Gasteiger partial charge in [-0.05, 0) is 43.9 Å². The molecule has 0 radical (unpaired) electrons. The van der Waals surface area contributed by atoms with E-state index in [9.17, 15) is 9.90 Å². The minimum absolute atomic E-state index is 0.0826. The fraction of sp³-hybridized carbons (Fsp3) is 0.611. The van der Waals surface area contributed by atoms with Crippen LogP contribution in [-0.2, 0) is 11.2 Å². The lowest BCUT2D eigenvalue weighted by atomic mass is 9.85. The third-order valence-corrected chi connectivity index (χ3v) is 4.37. The van der Waals surface area contributed by atoms with Gasteiger partial charge in [-0.2, -0.15) is 0 Å². The third-order valence-electron chi connectivity index (χ3n) is 4.37. The highest BCUT2D eigenvalue weighted by molar-refractivity contribution is 5.76. The number of aliphatic hydroxyl groups is 1. The Hall–Kier alpha value is -1.55. The summed E-state index contributed by atoms with van der Waals surface area (Å²) in [7, 11) is 0. The summed E-state index contributed by atoms with van der Waals surface area (Å²) in [5.74, 6) is 1.17. The second kappa shape index (κ2) is 8.79. The van der Waals surface area contributed by atoms with E-state index in [4.69, 9.17) is 4.74 Å². The summed E-state index contributed by atoms with van der Waals surface area (Å²) in [5, 5.41) is 12.5. The Balaban J connectivity index is 1.77. The van der Waals surface area contributed by atoms with Crippen molar-refractivity contribution < 1.29 is 14.6 Å². The largest absolute Gasteiger partial charge is 0.494 e. The summed E-state index contributed by atoms with van der Waals surface area (Å²) in [6.45, 7) is 2.79. The Morgan fingerprint density at radius 1 is 1.27 bits per heavy atom. The number of aliphatic hydroxyl groups excluding tert-OH is 1. The van der Waals surface area contributed by atoms with Gasteiger partial charge in [-0.1, -0.05) is 25.0 Å². The van der Waals surface area contributed by atoms with Crippen molar-refractivity contribution in [1.82, 2.24) is 5.32 Å². The van der Waals surface area contributed by atoms with Gasteiger partial charge in [0.05, 0.1) is 6.61 Å². The van der Waals surface area contributed by atoms with Crippen LogP contribution in [0, 0.1) is 5.92 Å². The molecule has 2 unspecified atom stereocenters. The van der Waals surface area contributed by atoms with Crippen LogP contribution in [0.2, 0.25) is 0 Å². The molecule has 0 heterocycles. The van der Waals surface area contributed by atoms with E-state index in [-0.39, 0.29) is 24.5 Å².